The Bertz CT molecular complexity index is 803. The summed E-state index contributed by atoms with van der Waals surface area (Å²) >= 11 is 0. The van der Waals surface area contributed by atoms with Crippen LogP contribution in [0.4, 0.5) is 35.0 Å². The maximum atomic E-state index is 14.1. The largest absolute Gasteiger partial charge is 0.418 e. The summed E-state index contributed by atoms with van der Waals surface area (Å²) in [5.74, 6) is -0.271. The van der Waals surface area contributed by atoms with Gasteiger partial charge in [-0.3, -0.25) is 0 Å². The quantitative estimate of drug-likeness (QED) is 0.701. The Morgan fingerprint density at radius 3 is 2.56 bits per heavy atom. The maximum Gasteiger partial charge on any atom is 0.418 e. The number of para-hydroxylation sites is 1. The number of hydrogen-bond donors (Lipinski definition) is 2. The fraction of sp³-hybridized carbons (Fsp3) is 0.444. The molecule has 0 bridgehead atoms. The molecule has 27 heavy (non-hydrogen) atoms. The lowest BCUT2D eigenvalue weighted by molar-refractivity contribution is -0.137. The second-order valence-electron chi connectivity index (χ2n) is 6.79. The highest BCUT2D eigenvalue weighted by molar-refractivity contribution is 5.63. The zero-order valence-corrected chi connectivity index (χ0v) is 15.1. The molecule has 1 aromatic heterocycles. The molecule has 2 N–H and O–H groups in total. The number of nitrogens with one attached hydrogen (secondary N) is 2. The third kappa shape index (κ3) is 5.06. The molecule has 1 saturated carbocycles. The van der Waals surface area contributed by atoms with Gasteiger partial charge in [0.2, 0.25) is 5.95 Å². The number of rotatable bonds is 7. The van der Waals surface area contributed by atoms with E-state index in [4.69, 9.17) is 0 Å². The molecule has 0 spiro atoms. The van der Waals surface area contributed by atoms with Crippen LogP contribution in [-0.4, -0.2) is 42.1 Å². The van der Waals surface area contributed by atoms with Crippen LogP contribution in [0.5, 0.6) is 0 Å². The molecule has 1 aromatic carbocycles. The van der Waals surface area contributed by atoms with E-state index < -0.39 is 23.2 Å². The van der Waals surface area contributed by atoms with E-state index in [1.54, 1.807) is 6.07 Å². The van der Waals surface area contributed by atoms with Gasteiger partial charge in [0, 0.05) is 25.1 Å². The van der Waals surface area contributed by atoms with Crippen LogP contribution in [0.2, 0.25) is 0 Å². The Kier molecular flexibility index (Phi) is 5.50. The van der Waals surface area contributed by atoms with Crippen molar-refractivity contribution in [3.8, 4) is 0 Å². The number of likely N-dealkylation sites (N-methyl/N-ethyl adjacent to an activating group) is 1. The molecular weight excluding hydrogens is 362 g/mol. The van der Waals surface area contributed by atoms with Crippen molar-refractivity contribution in [3.05, 3.63) is 41.3 Å². The third-order valence-electron chi connectivity index (χ3n) is 4.16. The first-order chi connectivity index (χ1) is 12.7. The zero-order valence-electron chi connectivity index (χ0n) is 15.1. The highest BCUT2D eigenvalue weighted by Gasteiger charge is 2.35. The summed E-state index contributed by atoms with van der Waals surface area (Å²) in [7, 11) is 3.85. The number of nitrogens with zero attached hydrogens (tertiary/aromatic N) is 3. The van der Waals surface area contributed by atoms with Gasteiger partial charge < -0.3 is 15.5 Å². The van der Waals surface area contributed by atoms with Crippen LogP contribution in [0, 0.1) is 5.82 Å². The zero-order chi connectivity index (χ0) is 19.6. The molecule has 0 saturated heterocycles. The van der Waals surface area contributed by atoms with Gasteiger partial charge in [0.25, 0.3) is 0 Å². The second kappa shape index (κ2) is 7.67. The Hall–Kier alpha value is -2.42. The molecule has 146 valence electrons. The molecule has 1 fully saturated rings. The molecule has 0 unspecified atom stereocenters. The third-order valence-corrected chi connectivity index (χ3v) is 4.16. The molecule has 9 heteroatoms. The number of aromatic nitrogens is 2. The second-order valence-corrected chi connectivity index (χ2v) is 6.79. The van der Waals surface area contributed by atoms with Gasteiger partial charge in [-0.15, -0.1) is 0 Å². The van der Waals surface area contributed by atoms with E-state index in [-0.39, 0.29) is 11.7 Å². The number of alkyl halides is 3. The molecule has 0 radical (unpaired) electrons. The van der Waals surface area contributed by atoms with Crippen LogP contribution in [-0.2, 0) is 6.18 Å². The van der Waals surface area contributed by atoms with Crippen molar-refractivity contribution >= 4 is 17.5 Å². The molecular formula is C18H21F4N5. The standard InChI is InChI=1S/C18H21F4N5/c1-27(2)9-8-23-17-24-14(11-6-7-11)10-15(26-17)25-16-12(18(20,21)22)4-3-5-13(16)19/h3-5,10-11H,6-9H2,1-2H3,(H2,23,24,25,26). The predicted octanol–water partition coefficient (Wildman–Crippen LogP) is 4.23. The molecule has 0 amide bonds. The highest BCUT2D eigenvalue weighted by Crippen LogP contribution is 2.41. The summed E-state index contributed by atoms with van der Waals surface area (Å²) in [4.78, 5) is 10.6. The first-order valence-electron chi connectivity index (χ1n) is 8.64. The monoisotopic (exact) mass is 383 g/mol. The normalized spacial score (nSPS) is 14.5. The molecule has 0 atom stereocenters. The first-order valence-corrected chi connectivity index (χ1v) is 8.64. The summed E-state index contributed by atoms with van der Waals surface area (Å²) in [5.41, 5.74) is -0.967. The van der Waals surface area contributed by atoms with Crippen LogP contribution in [0.1, 0.15) is 30.0 Å². The Labute approximate surface area is 154 Å². The van der Waals surface area contributed by atoms with E-state index in [0.29, 0.717) is 12.5 Å². The van der Waals surface area contributed by atoms with E-state index in [0.717, 1.165) is 43.3 Å². The lowest BCUT2D eigenvalue weighted by Gasteiger charge is -2.16. The molecule has 0 aliphatic heterocycles. The molecule has 5 nitrogen and oxygen atoms in total. The molecule has 1 aliphatic carbocycles. The lowest BCUT2D eigenvalue weighted by Crippen LogP contribution is -2.21. The minimum Gasteiger partial charge on any atom is -0.353 e. The Morgan fingerprint density at radius 2 is 1.93 bits per heavy atom. The number of benzene rings is 1. The first kappa shape index (κ1) is 19.3. The Balaban J connectivity index is 1.89. The van der Waals surface area contributed by atoms with Crippen LogP contribution in [0.15, 0.2) is 24.3 Å². The van der Waals surface area contributed by atoms with Crippen LogP contribution < -0.4 is 10.6 Å². The maximum absolute atomic E-state index is 14.1. The van der Waals surface area contributed by atoms with Crippen molar-refractivity contribution in [1.82, 2.24) is 14.9 Å². The summed E-state index contributed by atoms with van der Waals surface area (Å²) in [6, 6.07) is 4.44. The van der Waals surface area contributed by atoms with Gasteiger partial charge in [0.15, 0.2) is 0 Å². The van der Waals surface area contributed by atoms with Gasteiger partial charge in [0.05, 0.1) is 16.9 Å². The van der Waals surface area contributed by atoms with Crippen molar-refractivity contribution in [2.75, 3.05) is 37.8 Å². The molecule has 1 aliphatic rings. The topological polar surface area (TPSA) is 53.1 Å². The lowest BCUT2D eigenvalue weighted by atomic mass is 10.1. The summed E-state index contributed by atoms with van der Waals surface area (Å²) in [6.45, 7) is 1.32. The fourth-order valence-electron chi connectivity index (χ4n) is 2.60. The molecule has 1 heterocycles. The minimum atomic E-state index is -4.68. The fourth-order valence-corrected chi connectivity index (χ4v) is 2.60. The van der Waals surface area contributed by atoms with E-state index >= 15 is 0 Å². The molecule has 3 rings (SSSR count). The predicted molar refractivity (Wildman–Crippen MR) is 95.7 cm³/mol. The average molecular weight is 383 g/mol. The summed E-state index contributed by atoms with van der Waals surface area (Å²) in [5, 5.41) is 5.58. The van der Waals surface area contributed by atoms with E-state index in [9.17, 15) is 17.6 Å². The Morgan fingerprint density at radius 1 is 1.19 bits per heavy atom. The van der Waals surface area contributed by atoms with Crippen molar-refractivity contribution in [3.63, 3.8) is 0 Å². The van der Waals surface area contributed by atoms with Crippen molar-refractivity contribution in [1.29, 1.82) is 0 Å². The van der Waals surface area contributed by atoms with Gasteiger partial charge in [-0.05, 0) is 39.1 Å². The van der Waals surface area contributed by atoms with Gasteiger partial charge >= 0.3 is 6.18 Å². The number of halogens is 4. The molecule has 2 aromatic rings. The highest BCUT2D eigenvalue weighted by atomic mass is 19.4. The number of anilines is 3. The van der Waals surface area contributed by atoms with Crippen LogP contribution in [0.25, 0.3) is 0 Å². The van der Waals surface area contributed by atoms with Crippen LogP contribution >= 0.6 is 0 Å². The van der Waals surface area contributed by atoms with E-state index in [2.05, 4.69) is 20.6 Å². The summed E-state index contributed by atoms with van der Waals surface area (Å²) < 4.78 is 53.7. The summed E-state index contributed by atoms with van der Waals surface area (Å²) in [6.07, 6.45) is -2.73. The SMILES string of the molecule is CN(C)CCNc1nc(Nc2c(F)cccc2C(F)(F)F)cc(C2CC2)n1. The van der Waals surface area contributed by atoms with Gasteiger partial charge in [0.1, 0.15) is 11.6 Å². The van der Waals surface area contributed by atoms with Crippen LogP contribution in [0.3, 0.4) is 0 Å². The number of hydrogen-bond acceptors (Lipinski definition) is 5. The van der Waals surface area contributed by atoms with Crippen molar-refractivity contribution in [2.24, 2.45) is 0 Å². The van der Waals surface area contributed by atoms with Crippen molar-refractivity contribution in [2.45, 2.75) is 24.9 Å². The smallest absolute Gasteiger partial charge is 0.353 e. The van der Waals surface area contributed by atoms with Crippen molar-refractivity contribution < 1.29 is 17.6 Å². The van der Waals surface area contributed by atoms with Gasteiger partial charge in [-0.25, -0.2) is 9.37 Å². The minimum absolute atomic E-state index is 0.134. The van der Waals surface area contributed by atoms with E-state index in [1.807, 2.05) is 19.0 Å². The van der Waals surface area contributed by atoms with Gasteiger partial charge in [-0.1, -0.05) is 6.07 Å². The van der Waals surface area contributed by atoms with E-state index in [1.165, 1.54) is 0 Å². The average Bonchev–Trinajstić information content (AvgIpc) is 3.40. The van der Waals surface area contributed by atoms with Gasteiger partial charge in [-0.2, -0.15) is 18.2 Å².